The minimum absolute atomic E-state index is 0.551. The zero-order chi connectivity index (χ0) is 11.4. The molecule has 0 aliphatic heterocycles. The van der Waals surface area contributed by atoms with Gasteiger partial charge in [0.1, 0.15) is 0 Å². The van der Waals surface area contributed by atoms with Gasteiger partial charge in [-0.1, -0.05) is 6.42 Å². The second-order valence-corrected chi connectivity index (χ2v) is 5.96. The number of aryl methyl sites for hydroxylation is 1. The zero-order valence-corrected chi connectivity index (χ0v) is 11.0. The largest absolute Gasteiger partial charge is 0.315 e. The highest BCUT2D eigenvalue weighted by atomic mass is 32.2. The topological polar surface area (TPSA) is 29.9 Å². The standard InChI is InChI=1S/C12H21N3S/c1-15-9-11(8-14-15)4-7-13-10-12(16-2)5-3-6-12/h8-9,13H,3-7,10H2,1-2H3. The van der Waals surface area contributed by atoms with E-state index in [2.05, 4.69) is 22.9 Å². The van der Waals surface area contributed by atoms with Gasteiger partial charge in [-0.25, -0.2) is 0 Å². The van der Waals surface area contributed by atoms with Crippen molar-refractivity contribution in [2.45, 2.75) is 30.4 Å². The average molecular weight is 239 g/mol. The van der Waals surface area contributed by atoms with Crippen molar-refractivity contribution in [1.29, 1.82) is 0 Å². The molecule has 0 amide bonds. The second kappa shape index (κ2) is 5.23. The van der Waals surface area contributed by atoms with Gasteiger partial charge in [0.2, 0.25) is 0 Å². The lowest BCUT2D eigenvalue weighted by atomic mass is 9.84. The maximum Gasteiger partial charge on any atom is 0.0522 e. The highest BCUT2D eigenvalue weighted by molar-refractivity contribution is 8.00. The van der Waals surface area contributed by atoms with E-state index in [0.717, 1.165) is 19.5 Å². The van der Waals surface area contributed by atoms with Crippen LogP contribution in [0, 0.1) is 0 Å². The van der Waals surface area contributed by atoms with Crippen molar-refractivity contribution in [1.82, 2.24) is 15.1 Å². The first kappa shape index (κ1) is 12.0. The van der Waals surface area contributed by atoms with Crippen molar-refractivity contribution in [3.05, 3.63) is 18.0 Å². The summed E-state index contributed by atoms with van der Waals surface area (Å²) in [5.41, 5.74) is 1.32. The Morgan fingerprint density at radius 3 is 2.88 bits per heavy atom. The van der Waals surface area contributed by atoms with Crippen LogP contribution in [0.2, 0.25) is 0 Å². The minimum atomic E-state index is 0.551. The maximum absolute atomic E-state index is 4.17. The number of nitrogens with zero attached hydrogens (tertiary/aromatic N) is 2. The summed E-state index contributed by atoms with van der Waals surface area (Å²) in [4.78, 5) is 0. The van der Waals surface area contributed by atoms with Gasteiger partial charge in [-0.05, 0) is 37.6 Å². The van der Waals surface area contributed by atoms with Gasteiger partial charge in [0, 0.05) is 24.5 Å². The third kappa shape index (κ3) is 2.80. The molecule has 0 saturated heterocycles. The Morgan fingerprint density at radius 2 is 2.38 bits per heavy atom. The molecule has 1 saturated carbocycles. The molecule has 1 aromatic heterocycles. The van der Waals surface area contributed by atoms with Crippen molar-refractivity contribution in [2.24, 2.45) is 7.05 Å². The molecular formula is C12H21N3S. The highest BCUT2D eigenvalue weighted by Crippen LogP contribution is 2.42. The Hall–Kier alpha value is -0.480. The lowest BCUT2D eigenvalue weighted by Crippen LogP contribution is -2.43. The molecule has 1 aromatic rings. The van der Waals surface area contributed by atoms with Crippen LogP contribution in [0.5, 0.6) is 0 Å². The van der Waals surface area contributed by atoms with Crippen molar-refractivity contribution < 1.29 is 0 Å². The Morgan fingerprint density at radius 1 is 1.56 bits per heavy atom. The molecule has 0 atom stereocenters. The Bertz CT molecular complexity index is 325. The molecular weight excluding hydrogens is 218 g/mol. The fourth-order valence-corrected chi connectivity index (χ4v) is 3.12. The Balaban J connectivity index is 1.65. The van der Waals surface area contributed by atoms with Gasteiger partial charge in [-0.3, -0.25) is 4.68 Å². The molecule has 4 heteroatoms. The van der Waals surface area contributed by atoms with E-state index in [4.69, 9.17) is 0 Å². The minimum Gasteiger partial charge on any atom is -0.315 e. The SMILES string of the molecule is CSC1(CNCCc2cnn(C)c2)CCC1. The molecule has 1 N–H and O–H groups in total. The van der Waals surface area contributed by atoms with E-state index in [1.165, 1.54) is 24.8 Å². The predicted octanol–water partition coefficient (Wildman–Crippen LogP) is 1.84. The van der Waals surface area contributed by atoms with E-state index in [9.17, 15) is 0 Å². The van der Waals surface area contributed by atoms with Gasteiger partial charge >= 0.3 is 0 Å². The quantitative estimate of drug-likeness (QED) is 0.768. The lowest BCUT2D eigenvalue weighted by molar-refractivity contribution is 0.347. The molecule has 0 unspecified atom stereocenters. The van der Waals surface area contributed by atoms with Crippen molar-refractivity contribution in [3.8, 4) is 0 Å². The number of hydrogen-bond donors (Lipinski definition) is 1. The van der Waals surface area contributed by atoms with Gasteiger partial charge < -0.3 is 5.32 Å². The van der Waals surface area contributed by atoms with Crippen LogP contribution < -0.4 is 5.32 Å². The van der Waals surface area contributed by atoms with Crippen LogP contribution in [-0.4, -0.2) is 33.9 Å². The number of rotatable bonds is 6. The summed E-state index contributed by atoms with van der Waals surface area (Å²) >= 11 is 2.03. The second-order valence-electron chi connectivity index (χ2n) is 4.69. The molecule has 3 nitrogen and oxygen atoms in total. The number of hydrogen-bond acceptors (Lipinski definition) is 3. The lowest BCUT2D eigenvalue weighted by Gasteiger charge is -2.40. The van der Waals surface area contributed by atoms with Crippen LogP contribution in [0.3, 0.4) is 0 Å². The average Bonchev–Trinajstić information content (AvgIpc) is 2.62. The smallest absolute Gasteiger partial charge is 0.0522 e. The van der Waals surface area contributed by atoms with Crippen molar-refractivity contribution in [2.75, 3.05) is 19.3 Å². The predicted molar refractivity (Wildman–Crippen MR) is 69.9 cm³/mol. The first-order chi connectivity index (χ1) is 7.74. The maximum atomic E-state index is 4.17. The van der Waals surface area contributed by atoms with Gasteiger partial charge in [0.25, 0.3) is 0 Å². The third-order valence-corrected chi connectivity index (χ3v) is 4.91. The monoisotopic (exact) mass is 239 g/mol. The van der Waals surface area contributed by atoms with E-state index in [1.54, 1.807) is 0 Å². The summed E-state index contributed by atoms with van der Waals surface area (Å²) in [7, 11) is 1.97. The van der Waals surface area contributed by atoms with Crippen LogP contribution in [0.15, 0.2) is 12.4 Å². The number of aromatic nitrogens is 2. The van der Waals surface area contributed by atoms with Crippen molar-refractivity contribution in [3.63, 3.8) is 0 Å². The van der Waals surface area contributed by atoms with Gasteiger partial charge in [-0.15, -0.1) is 0 Å². The van der Waals surface area contributed by atoms with E-state index in [1.807, 2.05) is 29.7 Å². The molecule has 1 aliphatic rings. The van der Waals surface area contributed by atoms with Crippen LogP contribution in [0.4, 0.5) is 0 Å². The van der Waals surface area contributed by atoms with Crippen LogP contribution >= 0.6 is 11.8 Å². The summed E-state index contributed by atoms with van der Waals surface area (Å²) in [5, 5.41) is 7.75. The van der Waals surface area contributed by atoms with Gasteiger partial charge in [0.15, 0.2) is 0 Å². The summed E-state index contributed by atoms with van der Waals surface area (Å²) in [6, 6.07) is 0. The Labute approximate surface area is 102 Å². The molecule has 90 valence electrons. The molecule has 2 rings (SSSR count). The third-order valence-electron chi connectivity index (χ3n) is 3.49. The van der Waals surface area contributed by atoms with E-state index in [-0.39, 0.29) is 0 Å². The number of nitrogens with one attached hydrogen (secondary N) is 1. The number of thioether (sulfide) groups is 1. The van der Waals surface area contributed by atoms with Crippen LogP contribution in [-0.2, 0) is 13.5 Å². The normalized spacial score (nSPS) is 18.4. The zero-order valence-electron chi connectivity index (χ0n) is 10.2. The molecule has 1 heterocycles. The molecule has 1 fully saturated rings. The first-order valence-electron chi connectivity index (χ1n) is 5.97. The Kier molecular flexibility index (Phi) is 3.92. The molecule has 0 bridgehead atoms. The molecule has 1 aliphatic carbocycles. The van der Waals surface area contributed by atoms with Crippen LogP contribution in [0.25, 0.3) is 0 Å². The van der Waals surface area contributed by atoms with E-state index < -0.39 is 0 Å². The summed E-state index contributed by atoms with van der Waals surface area (Å²) in [6.07, 6.45) is 11.5. The van der Waals surface area contributed by atoms with E-state index in [0.29, 0.717) is 4.75 Å². The fourth-order valence-electron chi connectivity index (χ4n) is 2.17. The summed E-state index contributed by atoms with van der Waals surface area (Å²) in [5.74, 6) is 0. The highest BCUT2D eigenvalue weighted by Gasteiger charge is 2.35. The fraction of sp³-hybridized carbons (Fsp3) is 0.750. The van der Waals surface area contributed by atoms with E-state index >= 15 is 0 Å². The van der Waals surface area contributed by atoms with Gasteiger partial charge in [-0.2, -0.15) is 16.9 Å². The van der Waals surface area contributed by atoms with Gasteiger partial charge in [0.05, 0.1) is 6.20 Å². The molecule has 0 aromatic carbocycles. The van der Waals surface area contributed by atoms with Crippen molar-refractivity contribution >= 4 is 11.8 Å². The first-order valence-corrected chi connectivity index (χ1v) is 7.20. The molecule has 16 heavy (non-hydrogen) atoms. The molecule has 0 radical (unpaired) electrons. The summed E-state index contributed by atoms with van der Waals surface area (Å²) < 4.78 is 2.42. The summed E-state index contributed by atoms with van der Waals surface area (Å²) in [6.45, 7) is 2.22. The van der Waals surface area contributed by atoms with Crippen LogP contribution in [0.1, 0.15) is 24.8 Å². The molecule has 0 spiro atoms.